The Hall–Kier alpha value is -2.21. The number of aryl methyl sites for hydroxylation is 2. The van der Waals surface area contributed by atoms with Crippen LogP contribution in [0.4, 0.5) is 0 Å². The minimum absolute atomic E-state index is 0.152. The van der Waals surface area contributed by atoms with E-state index in [9.17, 15) is 4.79 Å². The van der Waals surface area contributed by atoms with Gasteiger partial charge in [0, 0.05) is 49.3 Å². The predicted octanol–water partition coefficient (Wildman–Crippen LogP) is 3.39. The lowest BCUT2D eigenvalue weighted by molar-refractivity contribution is 0.0753. The Morgan fingerprint density at radius 1 is 1.17 bits per heavy atom. The summed E-state index contributed by atoms with van der Waals surface area (Å²) in [5.41, 5.74) is 4.54. The second-order valence-corrected chi connectivity index (χ2v) is 8.65. The molecular formula is C24H35N5O. The molecule has 4 rings (SSSR count). The van der Waals surface area contributed by atoms with Crippen molar-refractivity contribution in [2.45, 2.75) is 77.3 Å². The molecule has 1 aliphatic heterocycles. The second-order valence-electron chi connectivity index (χ2n) is 8.65. The summed E-state index contributed by atoms with van der Waals surface area (Å²) in [5, 5.41) is 8.52. The van der Waals surface area contributed by atoms with E-state index in [1.807, 2.05) is 17.3 Å². The van der Waals surface area contributed by atoms with Crippen molar-refractivity contribution in [3.8, 4) is 0 Å². The molecule has 3 heterocycles. The van der Waals surface area contributed by atoms with Gasteiger partial charge in [-0.25, -0.2) is 0 Å². The number of carbonyl (C=O) groups excluding carboxylic acids is 1. The Balaban J connectivity index is 1.39. The van der Waals surface area contributed by atoms with Crippen molar-refractivity contribution < 1.29 is 4.79 Å². The number of rotatable bonds is 7. The third kappa shape index (κ3) is 4.91. The number of amides is 1. The molecule has 6 heteroatoms. The Labute approximate surface area is 180 Å². The zero-order valence-corrected chi connectivity index (χ0v) is 18.3. The van der Waals surface area contributed by atoms with Crippen LogP contribution in [0.2, 0.25) is 0 Å². The largest absolute Gasteiger partial charge is 0.337 e. The molecule has 30 heavy (non-hydrogen) atoms. The van der Waals surface area contributed by atoms with Crippen LogP contribution < -0.4 is 5.32 Å². The van der Waals surface area contributed by atoms with Crippen LogP contribution in [-0.2, 0) is 25.8 Å². The topological polar surface area (TPSA) is 63.1 Å². The maximum atomic E-state index is 13.3. The number of pyridine rings is 1. The normalized spacial score (nSPS) is 19.4. The van der Waals surface area contributed by atoms with Gasteiger partial charge in [0.1, 0.15) is 0 Å². The Bertz CT molecular complexity index is 824. The third-order valence-corrected chi connectivity index (χ3v) is 6.57. The van der Waals surface area contributed by atoms with Crippen molar-refractivity contribution in [2.75, 3.05) is 19.6 Å². The SMILES string of the molecule is CCn1nc(C(=O)N2CCCCCC2)c2c1CC[C@@H](NCCCc1ccncc1)C2. The highest BCUT2D eigenvalue weighted by atomic mass is 16.2. The van der Waals surface area contributed by atoms with E-state index in [0.29, 0.717) is 6.04 Å². The van der Waals surface area contributed by atoms with E-state index in [0.717, 1.165) is 76.8 Å². The summed E-state index contributed by atoms with van der Waals surface area (Å²) in [4.78, 5) is 19.4. The predicted molar refractivity (Wildman–Crippen MR) is 119 cm³/mol. The first-order valence-corrected chi connectivity index (χ1v) is 11.8. The summed E-state index contributed by atoms with van der Waals surface area (Å²) < 4.78 is 2.07. The van der Waals surface area contributed by atoms with E-state index in [4.69, 9.17) is 5.10 Å². The van der Waals surface area contributed by atoms with Gasteiger partial charge in [0.15, 0.2) is 5.69 Å². The maximum Gasteiger partial charge on any atom is 0.274 e. The minimum Gasteiger partial charge on any atom is -0.337 e. The molecule has 1 N–H and O–H groups in total. The van der Waals surface area contributed by atoms with Gasteiger partial charge in [0.25, 0.3) is 5.91 Å². The molecule has 2 aliphatic rings. The molecule has 162 valence electrons. The van der Waals surface area contributed by atoms with Gasteiger partial charge in [-0.3, -0.25) is 14.5 Å². The molecule has 0 saturated carbocycles. The molecular weight excluding hydrogens is 374 g/mol. The monoisotopic (exact) mass is 409 g/mol. The highest BCUT2D eigenvalue weighted by Gasteiger charge is 2.30. The zero-order chi connectivity index (χ0) is 20.8. The highest BCUT2D eigenvalue weighted by molar-refractivity contribution is 5.94. The summed E-state index contributed by atoms with van der Waals surface area (Å²) >= 11 is 0. The average Bonchev–Trinajstić information content (AvgIpc) is 2.95. The zero-order valence-electron chi connectivity index (χ0n) is 18.3. The first-order chi connectivity index (χ1) is 14.8. The lowest BCUT2D eigenvalue weighted by atomic mass is 9.91. The van der Waals surface area contributed by atoms with Crippen LogP contribution in [0.15, 0.2) is 24.5 Å². The molecule has 1 fully saturated rings. The molecule has 0 unspecified atom stereocenters. The Kier molecular flexibility index (Phi) is 7.16. The van der Waals surface area contributed by atoms with Crippen LogP contribution in [0.5, 0.6) is 0 Å². The number of aromatic nitrogens is 3. The van der Waals surface area contributed by atoms with Crippen molar-refractivity contribution >= 4 is 5.91 Å². The second kappa shape index (κ2) is 10.2. The van der Waals surface area contributed by atoms with Gasteiger partial charge in [-0.15, -0.1) is 0 Å². The molecule has 0 bridgehead atoms. The van der Waals surface area contributed by atoms with E-state index >= 15 is 0 Å². The van der Waals surface area contributed by atoms with Crippen molar-refractivity contribution in [2.24, 2.45) is 0 Å². The first-order valence-electron chi connectivity index (χ1n) is 11.8. The fraction of sp³-hybridized carbons (Fsp3) is 0.625. The standard InChI is InChI=1S/C24H35N5O/c1-2-29-22-10-9-20(26-13-7-8-19-11-14-25-15-12-19)18-21(22)23(27-29)24(30)28-16-5-3-4-6-17-28/h11-12,14-15,20,26H,2-10,13,16-18H2,1H3/t20-/m1/s1. The van der Waals surface area contributed by atoms with E-state index in [2.05, 4.69) is 34.0 Å². The van der Waals surface area contributed by atoms with Crippen molar-refractivity contribution in [3.05, 3.63) is 47.0 Å². The van der Waals surface area contributed by atoms with E-state index in [-0.39, 0.29) is 5.91 Å². The number of hydrogen-bond acceptors (Lipinski definition) is 4. The number of fused-ring (bicyclic) bond motifs is 1. The van der Waals surface area contributed by atoms with Crippen LogP contribution in [-0.4, -0.2) is 51.2 Å². The van der Waals surface area contributed by atoms with Gasteiger partial charge in [0.2, 0.25) is 0 Å². The number of hydrogen-bond donors (Lipinski definition) is 1. The fourth-order valence-electron chi connectivity index (χ4n) is 4.87. The lowest BCUT2D eigenvalue weighted by Gasteiger charge is -2.25. The van der Waals surface area contributed by atoms with Crippen LogP contribution in [0.1, 0.15) is 72.8 Å². The molecule has 1 amide bonds. The van der Waals surface area contributed by atoms with Gasteiger partial charge in [-0.2, -0.15) is 5.10 Å². The highest BCUT2D eigenvalue weighted by Crippen LogP contribution is 2.26. The van der Waals surface area contributed by atoms with Crippen LogP contribution in [0, 0.1) is 0 Å². The van der Waals surface area contributed by atoms with Gasteiger partial charge < -0.3 is 10.2 Å². The van der Waals surface area contributed by atoms with Crippen LogP contribution >= 0.6 is 0 Å². The lowest BCUT2D eigenvalue weighted by Crippen LogP contribution is -2.37. The molecule has 0 spiro atoms. The van der Waals surface area contributed by atoms with E-state index in [1.165, 1.54) is 29.7 Å². The third-order valence-electron chi connectivity index (χ3n) is 6.57. The summed E-state index contributed by atoms with van der Waals surface area (Å²) in [6.45, 7) is 5.71. The first kappa shape index (κ1) is 21.0. The Morgan fingerprint density at radius 2 is 1.93 bits per heavy atom. The number of nitrogens with zero attached hydrogens (tertiary/aromatic N) is 4. The smallest absolute Gasteiger partial charge is 0.274 e. The number of carbonyl (C=O) groups is 1. The van der Waals surface area contributed by atoms with Crippen molar-refractivity contribution in [1.29, 1.82) is 0 Å². The molecule has 0 aromatic carbocycles. The van der Waals surface area contributed by atoms with Gasteiger partial charge >= 0.3 is 0 Å². The van der Waals surface area contributed by atoms with Gasteiger partial charge in [-0.05, 0) is 76.1 Å². The summed E-state index contributed by atoms with van der Waals surface area (Å²) in [6, 6.07) is 4.61. The Morgan fingerprint density at radius 3 is 2.67 bits per heavy atom. The number of nitrogens with one attached hydrogen (secondary N) is 1. The summed E-state index contributed by atoms with van der Waals surface area (Å²) in [6.07, 6.45) is 13.6. The van der Waals surface area contributed by atoms with Crippen LogP contribution in [0.3, 0.4) is 0 Å². The maximum absolute atomic E-state index is 13.3. The molecule has 6 nitrogen and oxygen atoms in total. The average molecular weight is 410 g/mol. The van der Waals surface area contributed by atoms with E-state index < -0.39 is 0 Å². The molecule has 1 aliphatic carbocycles. The summed E-state index contributed by atoms with van der Waals surface area (Å²) in [7, 11) is 0. The summed E-state index contributed by atoms with van der Waals surface area (Å²) in [5.74, 6) is 0.152. The molecule has 1 saturated heterocycles. The van der Waals surface area contributed by atoms with Crippen molar-refractivity contribution in [3.63, 3.8) is 0 Å². The van der Waals surface area contributed by atoms with Gasteiger partial charge in [0.05, 0.1) is 0 Å². The molecule has 2 aromatic rings. The fourth-order valence-corrected chi connectivity index (χ4v) is 4.87. The molecule has 1 atom stereocenters. The van der Waals surface area contributed by atoms with E-state index in [1.54, 1.807) is 0 Å². The van der Waals surface area contributed by atoms with Crippen molar-refractivity contribution in [1.82, 2.24) is 25.0 Å². The number of likely N-dealkylation sites (tertiary alicyclic amines) is 1. The molecule has 2 aromatic heterocycles. The minimum atomic E-state index is 0.152. The molecule has 0 radical (unpaired) electrons. The van der Waals surface area contributed by atoms with Gasteiger partial charge in [-0.1, -0.05) is 12.8 Å². The quantitative estimate of drug-likeness (QED) is 0.712. The van der Waals surface area contributed by atoms with Crippen LogP contribution in [0.25, 0.3) is 0 Å².